The van der Waals surface area contributed by atoms with E-state index in [1.807, 2.05) is 24.3 Å². The molecule has 0 spiro atoms. The Morgan fingerprint density at radius 1 is 1.11 bits per heavy atom. The van der Waals surface area contributed by atoms with E-state index in [0.29, 0.717) is 12.3 Å². The molecule has 2 nitrogen and oxygen atoms in total. The summed E-state index contributed by atoms with van der Waals surface area (Å²) in [6, 6.07) is 11.9. The molecule has 0 saturated carbocycles. The topological polar surface area (TPSA) is 35.2 Å². The normalized spacial score (nSPS) is 10.4. The van der Waals surface area contributed by atoms with Gasteiger partial charge in [-0.15, -0.1) is 0 Å². The van der Waals surface area contributed by atoms with Crippen molar-refractivity contribution in [2.24, 2.45) is 0 Å². The van der Waals surface area contributed by atoms with Crippen LogP contribution in [-0.4, -0.2) is 0 Å². The van der Waals surface area contributed by atoms with Crippen LogP contribution in [0.2, 0.25) is 0 Å². The maximum absolute atomic E-state index is 5.81. The zero-order chi connectivity index (χ0) is 13.1. The maximum Gasteiger partial charge on any atom is 0.148 e. The van der Waals surface area contributed by atoms with E-state index in [2.05, 4.69) is 50.9 Å². The van der Waals surface area contributed by atoms with Crippen molar-refractivity contribution in [2.75, 3.05) is 5.73 Å². The van der Waals surface area contributed by atoms with Crippen molar-refractivity contribution >= 4 is 37.5 Å². The Balaban J connectivity index is 2.16. The summed E-state index contributed by atoms with van der Waals surface area (Å²) in [6.07, 6.45) is 0. The van der Waals surface area contributed by atoms with Crippen LogP contribution in [0.1, 0.15) is 11.1 Å². The molecule has 4 heteroatoms. The van der Waals surface area contributed by atoms with E-state index >= 15 is 0 Å². The van der Waals surface area contributed by atoms with Gasteiger partial charge in [-0.3, -0.25) is 0 Å². The second-order valence-corrected chi connectivity index (χ2v) is 5.80. The average Bonchev–Trinajstić information content (AvgIpc) is 2.27. The van der Waals surface area contributed by atoms with E-state index in [-0.39, 0.29) is 0 Å². The molecule has 0 amide bonds. The lowest BCUT2D eigenvalue weighted by Gasteiger charge is -2.11. The molecule has 2 rings (SSSR count). The van der Waals surface area contributed by atoms with Crippen LogP contribution >= 0.6 is 31.9 Å². The molecule has 0 aliphatic heterocycles. The standard InChI is InChI=1S/C14H13Br2NO/c1-9-3-2-4-10(5-9)8-18-14-12(15)6-11(17)7-13(14)16/h2-7H,8,17H2,1H3. The third-order valence-electron chi connectivity index (χ3n) is 2.49. The summed E-state index contributed by atoms with van der Waals surface area (Å²) < 4.78 is 7.51. The average molecular weight is 371 g/mol. The first-order chi connectivity index (χ1) is 8.56. The molecule has 94 valence electrons. The molecule has 0 fully saturated rings. The van der Waals surface area contributed by atoms with Gasteiger partial charge in [-0.1, -0.05) is 29.8 Å². The van der Waals surface area contributed by atoms with Gasteiger partial charge in [0, 0.05) is 5.69 Å². The number of benzene rings is 2. The number of hydrogen-bond acceptors (Lipinski definition) is 2. The van der Waals surface area contributed by atoms with E-state index in [1.165, 1.54) is 5.56 Å². The van der Waals surface area contributed by atoms with E-state index in [9.17, 15) is 0 Å². The highest BCUT2D eigenvalue weighted by Crippen LogP contribution is 2.36. The Morgan fingerprint density at radius 3 is 2.39 bits per heavy atom. The SMILES string of the molecule is Cc1cccc(COc2c(Br)cc(N)cc2Br)c1. The first kappa shape index (κ1) is 13.4. The lowest BCUT2D eigenvalue weighted by molar-refractivity contribution is 0.302. The smallest absolute Gasteiger partial charge is 0.148 e. The van der Waals surface area contributed by atoms with Crippen LogP contribution in [0.15, 0.2) is 45.3 Å². The van der Waals surface area contributed by atoms with E-state index in [1.54, 1.807) is 0 Å². The largest absolute Gasteiger partial charge is 0.487 e. The minimum Gasteiger partial charge on any atom is -0.487 e. The van der Waals surface area contributed by atoms with E-state index in [0.717, 1.165) is 20.3 Å². The molecule has 0 heterocycles. The minimum absolute atomic E-state index is 0.531. The summed E-state index contributed by atoms with van der Waals surface area (Å²) in [5.74, 6) is 0.769. The Hall–Kier alpha value is -1.00. The van der Waals surface area contributed by atoms with Crippen molar-refractivity contribution in [2.45, 2.75) is 13.5 Å². The van der Waals surface area contributed by atoms with Crippen molar-refractivity contribution < 1.29 is 4.74 Å². The first-order valence-electron chi connectivity index (χ1n) is 5.49. The molecule has 0 atom stereocenters. The fourth-order valence-electron chi connectivity index (χ4n) is 1.67. The summed E-state index contributed by atoms with van der Waals surface area (Å²) in [5.41, 5.74) is 8.80. The highest BCUT2D eigenvalue weighted by molar-refractivity contribution is 9.11. The van der Waals surface area contributed by atoms with Gasteiger partial charge < -0.3 is 10.5 Å². The van der Waals surface area contributed by atoms with Gasteiger partial charge >= 0.3 is 0 Å². The second kappa shape index (κ2) is 5.76. The summed E-state index contributed by atoms with van der Waals surface area (Å²) in [4.78, 5) is 0. The summed E-state index contributed by atoms with van der Waals surface area (Å²) in [7, 11) is 0. The summed E-state index contributed by atoms with van der Waals surface area (Å²) >= 11 is 6.90. The zero-order valence-corrected chi connectivity index (χ0v) is 13.1. The monoisotopic (exact) mass is 369 g/mol. The van der Waals surface area contributed by atoms with Crippen LogP contribution in [-0.2, 0) is 6.61 Å². The first-order valence-corrected chi connectivity index (χ1v) is 7.08. The van der Waals surface area contributed by atoms with Crippen LogP contribution in [0.3, 0.4) is 0 Å². The Bertz CT molecular complexity index is 546. The molecule has 0 saturated heterocycles. The number of hydrogen-bond donors (Lipinski definition) is 1. The molecule has 0 aliphatic carbocycles. The highest BCUT2D eigenvalue weighted by Gasteiger charge is 2.08. The molecule has 0 bridgehead atoms. The number of halogens is 2. The number of nitrogen functional groups attached to an aromatic ring is 1. The van der Waals surface area contributed by atoms with Crippen molar-refractivity contribution in [3.05, 3.63) is 56.5 Å². The Labute approximate surface area is 123 Å². The fourth-order valence-corrected chi connectivity index (χ4v) is 3.13. The molecule has 2 aromatic carbocycles. The Kier molecular flexibility index (Phi) is 4.30. The molecule has 0 aliphatic rings. The van der Waals surface area contributed by atoms with Gasteiger partial charge in [-0.2, -0.15) is 0 Å². The quantitative estimate of drug-likeness (QED) is 0.796. The van der Waals surface area contributed by atoms with Crippen LogP contribution in [0.4, 0.5) is 5.69 Å². The lowest BCUT2D eigenvalue weighted by atomic mass is 10.1. The van der Waals surface area contributed by atoms with Gasteiger partial charge in [-0.25, -0.2) is 0 Å². The fraction of sp³-hybridized carbons (Fsp3) is 0.143. The Morgan fingerprint density at radius 2 is 1.78 bits per heavy atom. The van der Waals surface area contributed by atoms with Crippen LogP contribution < -0.4 is 10.5 Å². The van der Waals surface area contributed by atoms with Crippen LogP contribution in [0.25, 0.3) is 0 Å². The third kappa shape index (κ3) is 3.27. The lowest BCUT2D eigenvalue weighted by Crippen LogP contribution is -1.98. The molecular weight excluding hydrogens is 358 g/mol. The van der Waals surface area contributed by atoms with Crippen molar-refractivity contribution in [3.8, 4) is 5.75 Å². The predicted molar refractivity (Wildman–Crippen MR) is 81.8 cm³/mol. The van der Waals surface area contributed by atoms with Crippen molar-refractivity contribution in [1.29, 1.82) is 0 Å². The highest BCUT2D eigenvalue weighted by atomic mass is 79.9. The maximum atomic E-state index is 5.81. The molecular formula is C14H13Br2NO. The van der Waals surface area contributed by atoms with Crippen molar-refractivity contribution in [1.82, 2.24) is 0 Å². The van der Waals surface area contributed by atoms with Gasteiger partial charge in [0.05, 0.1) is 8.95 Å². The second-order valence-electron chi connectivity index (χ2n) is 4.09. The molecule has 0 unspecified atom stereocenters. The number of aryl methyl sites for hydroxylation is 1. The number of rotatable bonds is 3. The van der Waals surface area contributed by atoms with Gasteiger partial charge in [0.2, 0.25) is 0 Å². The van der Waals surface area contributed by atoms with Gasteiger partial charge in [0.15, 0.2) is 0 Å². The number of nitrogens with two attached hydrogens (primary N) is 1. The van der Waals surface area contributed by atoms with Crippen molar-refractivity contribution in [3.63, 3.8) is 0 Å². The zero-order valence-electron chi connectivity index (χ0n) is 9.91. The van der Waals surface area contributed by atoms with Gasteiger partial charge in [-0.05, 0) is 56.5 Å². The molecule has 2 N–H and O–H groups in total. The number of anilines is 1. The summed E-state index contributed by atoms with van der Waals surface area (Å²) in [5, 5.41) is 0. The molecule has 18 heavy (non-hydrogen) atoms. The van der Waals surface area contributed by atoms with Gasteiger partial charge in [0.1, 0.15) is 12.4 Å². The molecule has 0 aromatic heterocycles. The summed E-state index contributed by atoms with van der Waals surface area (Å²) in [6.45, 7) is 2.60. The number of ether oxygens (including phenoxy) is 1. The van der Waals surface area contributed by atoms with Gasteiger partial charge in [0.25, 0.3) is 0 Å². The minimum atomic E-state index is 0.531. The molecule has 2 aromatic rings. The molecule has 0 radical (unpaired) electrons. The van der Waals surface area contributed by atoms with Crippen LogP contribution in [0.5, 0.6) is 5.75 Å². The van der Waals surface area contributed by atoms with E-state index in [4.69, 9.17) is 10.5 Å². The predicted octanol–water partition coefficient (Wildman–Crippen LogP) is 4.68. The third-order valence-corrected chi connectivity index (χ3v) is 3.66. The van der Waals surface area contributed by atoms with Crippen LogP contribution in [0, 0.1) is 6.92 Å². The van der Waals surface area contributed by atoms with E-state index < -0.39 is 0 Å².